The third kappa shape index (κ3) is 2.08. The van der Waals surface area contributed by atoms with Crippen molar-refractivity contribution in [2.45, 2.75) is 38.4 Å². The topological polar surface area (TPSA) is 58.3 Å². The molecule has 2 N–H and O–H groups in total. The molecule has 0 bridgehead atoms. The van der Waals surface area contributed by atoms with Crippen LogP contribution >= 0.6 is 0 Å². The van der Waals surface area contributed by atoms with Gasteiger partial charge in [-0.05, 0) is 26.3 Å². The smallest absolute Gasteiger partial charge is 0.225 e. The van der Waals surface area contributed by atoms with E-state index >= 15 is 0 Å². The summed E-state index contributed by atoms with van der Waals surface area (Å²) >= 11 is 0. The van der Waals surface area contributed by atoms with Gasteiger partial charge in [-0.2, -0.15) is 0 Å². The minimum absolute atomic E-state index is 0.489. The molecule has 1 aromatic heterocycles. The fraction of sp³-hybridized carbons (Fsp3) is 0.692. The standard InChI is InChI=1S/C13H21N5/c1-10-8-17-4-2-3-12(17)9-18(10)13-15-6-11(5-14)7-16-13/h6-7,10,12H,2-5,8-9,14H2,1H3. The van der Waals surface area contributed by atoms with E-state index in [0.717, 1.165) is 24.6 Å². The van der Waals surface area contributed by atoms with Crippen LogP contribution in [0.4, 0.5) is 5.95 Å². The van der Waals surface area contributed by atoms with E-state index in [-0.39, 0.29) is 0 Å². The van der Waals surface area contributed by atoms with E-state index in [4.69, 9.17) is 5.73 Å². The Morgan fingerprint density at radius 1 is 1.33 bits per heavy atom. The highest BCUT2D eigenvalue weighted by Gasteiger charge is 2.35. The van der Waals surface area contributed by atoms with E-state index in [9.17, 15) is 0 Å². The SMILES string of the molecule is CC1CN2CCCC2CN1c1ncc(CN)cn1. The summed E-state index contributed by atoms with van der Waals surface area (Å²) in [5.41, 5.74) is 6.57. The maximum absolute atomic E-state index is 5.58. The molecule has 1 aromatic rings. The van der Waals surface area contributed by atoms with Gasteiger partial charge in [0.05, 0.1) is 0 Å². The Morgan fingerprint density at radius 3 is 2.83 bits per heavy atom. The van der Waals surface area contributed by atoms with Crippen molar-refractivity contribution in [1.82, 2.24) is 14.9 Å². The molecule has 3 rings (SSSR count). The maximum Gasteiger partial charge on any atom is 0.225 e. The molecule has 3 heterocycles. The Kier molecular flexibility index (Phi) is 3.18. The normalized spacial score (nSPS) is 28.4. The molecule has 2 atom stereocenters. The first-order chi connectivity index (χ1) is 8.78. The number of hydrogen-bond donors (Lipinski definition) is 1. The molecule has 18 heavy (non-hydrogen) atoms. The van der Waals surface area contributed by atoms with Gasteiger partial charge in [0, 0.05) is 49.7 Å². The molecule has 2 fully saturated rings. The van der Waals surface area contributed by atoms with Crippen molar-refractivity contribution < 1.29 is 0 Å². The molecule has 2 saturated heterocycles. The Bertz CT molecular complexity index is 404. The Hall–Kier alpha value is -1.20. The second-order valence-corrected chi connectivity index (χ2v) is 5.39. The predicted octanol–water partition coefficient (Wildman–Crippen LogP) is 0.608. The molecule has 5 heteroatoms. The second kappa shape index (κ2) is 4.82. The van der Waals surface area contributed by atoms with E-state index in [1.54, 1.807) is 0 Å². The predicted molar refractivity (Wildman–Crippen MR) is 71.3 cm³/mol. The monoisotopic (exact) mass is 247 g/mol. The van der Waals surface area contributed by atoms with Crippen molar-refractivity contribution in [2.24, 2.45) is 5.73 Å². The van der Waals surface area contributed by atoms with E-state index in [1.165, 1.54) is 19.4 Å². The number of nitrogens with zero attached hydrogens (tertiary/aromatic N) is 4. The summed E-state index contributed by atoms with van der Waals surface area (Å²) in [6.45, 7) is 6.21. The fourth-order valence-corrected chi connectivity index (χ4v) is 3.07. The highest BCUT2D eigenvalue weighted by molar-refractivity contribution is 5.33. The van der Waals surface area contributed by atoms with E-state index in [0.29, 0.717) is 18.6 Å². The Labute approximate surface area is 108 Å². The van der Waals surface area contributed by atoms with Gasteiger partial charge in [0.15, 0.2) is 0 Å². The zero-order chi connectivity index (χ0) is 12.5. The van der Waals surface area contributed by atoms with Crippen molar-refractivity contribution in [3.63, 3.8) is 0 Å². The molecule has 0 aromatic carbocycles. The third-order valence-corrected chi connectivity index (χ3v) is 4.12. The maximum atomic E-state index is 5.58. The second-order valence-electron chi connectivity index (χ2n) is 5.39. The molecule has 2 aliphatic heterocycles. The van der Waals surface area contributed by atoms with Crippen LogP contribution in [0.1, 0.15) is 25.3 Å². The number of nitrogens with two attached hydrogens (primary N) is 1. The first-order valence-corrected chi connectivity index (χ1v) is 6.79. The van der Waals surface area contributed by atoms with Gasteiger partial charge in [-0.3, -0.25) is 4.90 Å². The third-order valence-electron chi connectivity index (χ3n) is 4.12. The number of rotatable bonds is 2. The highest BCUT2D eigenvalue weighted by Crippen LogP contribution is 2.26. The number of anilines is 1. The summed E-state index contributed by atoms with van der Waals surface area (Å²) in [5.74, 6) is 0.853. The van der Waals surface area contributed by atoms with Crippen LogP contribution in [0.25, 0.3) is 0 Å². The van der Waals surface area contributed by atoms with Crippen molar-refractivity contribution in [3.05, 3.63) is 18.0 Å². The molecular weight excluding hydrogens is 226 g/mol. The quantitative estimate of drug-likeness (QED) is 0.829. The summed E-state index contributed by atoms with van der Waals surface area (Å²) in [7, 11) is 0. The molecular formula is C13H21N5. The van der Waals surface area contributed by atoms with Gasteiger partial charge in [0.1, 0.15) is 0 Å². The average molecular weight is 247 g/mol. The Morgan fingerprint density at radius 2 is 2.11 bits per heavy atom. The lowest BCUT2D eigenvalue weighted by Gasteiger charge is -2.42. The lowest BCUT2D eigenvalue weighted by Crippen LogP contribution is -2.55. The molecule has 2 unspecified atom stereocenters. The van der Waals surface area contributed by atoms with Crippen molar-refractivity contribution >= 4 is 5.95 Å². The van der Waals surface area contributed by atoms with Gasteiger partial charge in [0.2, 0.25) is 5.95 Å². The zero-order valence-electron chi connectivity index (χ0n) is 10.9. The largest absolute Gasteiger partial charge is 0.335 e. The lowest BCUT2D eigenvalue weighted by atomic mass is 10.1. The van der Waals surface area contributed by atoms with Crippen LogP contribution in [0.2, 0.25) is 0 Å². The molecule has 5 nitrogen and oxygen atoms in total. The van der Waals surface area contributed by atoms with Crippen LogP contribution in [-0.4, -0.2) is 46.6 Å². The zero-order valence-corrected chi connectivity index (χ0v) is 10.9. The fourth-order valence-electron chi connectivity index (χ4n) is 3.07. The molecule has 2 aliphatic rings. The van der Waals surface area contributed by atoms with E-state index in [1.807, 2.05) is 12.4 Å². The number of aromatic nitrogens is 2. The first-order valence-electron chi connectivity index (χ1n) is 6.79. The van der Waals surface area contributed by atoms with E-state index < -0.39 is 0 Å². The molecule has 0 spiro atoms. The number of fused-ring (bicyclic) bond motifs is 1. The summed E-state index contributed by atoms with van der Waals surface area (Å²) in [6, 6.07) is 1.18. The van der Waals surface area contributed by atoms with Crippen molar-refractivity contribution in [2.75, 3.05) is 24.5 Å². The minimum atomic E-state index is 0.489. The Balaban J connectivity index is 1.77. The van der Waals surface area contributed by atoms with Crippen molar-refractivity contribution in [1.29, 1.82) is 0 Å². The minimum Gasteiger partial charge on any atom is -0.335 e. The van der Waals surface area contributed by atoms with Gasteiger partial charge in [-0.25, -0.2) is 9.97 Å². The highest BCUT2D eigenvalue weighted by atomic mass is 15.4. The molecule has 0 saturated carbocycles. The van der Waals surface area contributed by atoms with Gasteiger partial charge in [-0.1, -0.05) is 0 Å². The lowest BCUT2D eigenvalue weighted by molar-refractivity contribution is 0.201. The summed E-state index contributed by atoms with van der Waals surface area (Å²) in [6.07, 6.45) is 6.33. The molecule has 0 radical (unpaired) electrons. The van der Waals surface area contributed by atoms with Crippen LogP contribution in [-0.2, 0) is 6.54 Å². The van der Waals surface area contributed by atoms with Crippen LogP contribution < -0.4 is 10.6 Å². The van der Waals surface area contributed by atoms with E-state index in [2.05, 4.69) is 26.7 Å². The summed E-state index contributed by atoms with van der Waals surface area (Å²) in [4.78, 5) is 13.9. The molecule has 0 amide bonds. The van der Waals surface area contributed by atoms with Crippen LogP contribution in [0.15, 0.2) is 12.4 Å². The summed E-state index contributed by atoms with van der Waals surface area (Å²) < 4.78 is 0. The summed E-state index contributed by atoms with van der Waals surface area (Å²) in [5, 5.41) is 0. The van der Waals surface area contributed by atoms with Gasteiger partial charge in [-0.15, -0.1) is 0 Å². The first kappa shape index (κ1) is 11.9. The van der Waals surface area contributed by atoms with Gasteiger partial charge in [0.25, 0.3) is 0 Å². The number of piperazine rings is 1. The number of hydrogen-bond acceptors (Lipinski definition) is 5. The van der Waals surface area contributed by atoms with Crippen molar-refractivity contribution in [3.8, 4) is 0 Å². The van der Waals surface area contributed by atoms with Crippen LogP contribution in [0.3, 0.4) is 0 Å². The average Bonchev–Trinajstić information content (AvgIpc) is 2.85. The van der Waals surface area contributed by atoms with Gasteiger partial charge >= 0.3 is 0 Å². The van der Waals surface area contributed by atoms with Crippen LogP contribution in [0, 0.1) is 0 Å². The molecule has 0 aliphatic carbocycles. The van der Waals surface area contributed by atoms with Crippen LogP contribution in [0.5, 0.6) is 0 Å². The molecule has 98 valence electrons. The van der Waals surface area contributed by atoms with Gasteiger partial charge < -0.3 is 10.6 Å².